The Kier molecular flexibility index (Phi) is 5.94. The fourth-order valence-electron chi connectivity index (χ4n) is 4.57. The maximum atomic E-state index is 15.3. The summed E-state index contributed by atoms with van der Waals surface area (Å²) >= 11 is 0. The zero-order valence-electron chi connectivity index (χ0n) is 19.8. The summed E-state index contributed by atoms with van der Waals surface area (Å²) in [5.74, 6) is 5.24. The predicted molar refractivity (Wildman–Crippen MR) is 134 cm³/mol. The number of carbonyl (C=O) groups is 1. The Balaban J connectivity index is 1.51. The van der Waals surface area contributed by atoms with Gasteiger partial charge in [0.15, 0.2) is 5.82 Å². The summed E-state index contributed by atoms with van der Waals surface area (Å²) in [7, 11) is 1.70. The van der Waals surface area contributed by atoms with Gasteiger partial charge in [-0.3, -0.25) is 13.9 Å². The number of nitrogens with two attached hydrogens (primary N) is 1. The number of carbonyl (C=O) groups excluding carboxylic acids is 1. The van der Waals surface area contributed by atoms with Crippen LogP contribution >= 0.6 is 0 Å². The minimum atomic E-state index is -0.636. The fourth-order valence-corrected chi connectivity index (χ4v) is 4.57. The number of aromatic nitrogens is 3. The molecule has 1 saturated carbocycles. The van der Waals surface area contributed by atoms with E-state index in [0.717, 1.165) is 0 Å². The number of hydrogen-bond acceptors (Lipinski definition) is 5. The number of hydrogen-bond donors (Lipinski definition) is 1. The van der Waals surface area contributed by atoms with Gasteiger partial charge in [0.2, 0.25) is 0 Å². The Bertz CT molecular complexity index is 1580. The zero-order chi connectivity index (χ0) is 25.4. The van der Waals surface area contributed by atoms with E-state index in [1.165, 1.54) is 22.9 Å². The number of nitrogen functional groups attached to an aromatic ring is 1. The lowest BCUT2D eigenvalue weighted by molar-refractivity contribution is -0.128. The van der Waals surface area contributed by atoms with Crippen LogP contribution in [-0.2, 0) is 4.79 Å². The molecular formula is C27H24FN5O3. The number of amides is 1. The highest BCUT2D eigenvalue weighted by atomic mass is 19.1. The normalized spacial score (nSPS) is 16.6. The van der Waals surface area contributed by atoms with Crippen LogP contribution in [0.3, 0.4) is 0 Å². The van der Waals surface area contributed by atoms with Crippen molar-refractivity contribution >= 4 is 22.8 Å². The van der Waals surface area contributed by atoms with Crippen LogP contribution in [0.4, 0.5) is 10.2 Å². The lowest BCUT2D eigenvalue weighted by Crippen LogP contribution is -2.47. The molecule has 4 aromatic rings. The van der Waals surface area contributed by atoms with Crippen molar-refractivity contribution in [3.8, 4) is 29.0 Å². The maximum Gasteiger partial charge on any atom is 0.334 e. The van der Waals surface area contributed by atoms with Crippen molar-refractivity contribution in [3.05, 3.63) is 77.1 Å². The monoisotopic (exact) mass is 485 g/mol. The van der Waals surface area contributed by atoms with Crippen molar-refractivity contribution < 1.29 is 13.9 Å². The van der Waals surface area contributed by atoms with Crippen molar-refractivity contribution in [1.29, 1.82) is 0 Å². The summed E-state index contributed by atoms with van der Waals surface area (Å²) in [6.07, 6.45) is 2.66. The van der Waals surface area contributed by atoms with E-state index >= 15 is 4.39 Å². The smallest absolute Gasteiger partial charge is 0.334 e. The lowest BCUT2D eigenvalue weighted by Gasteiger charge is -2.40. The third kappa shape index (κ3) is 3.96. The summed E-state index contributed by atoms with van der Waals surface area (Å²) in [6, 6.07) is 14.8. The second-order valence-corrected chi connectivity index (χ2v) is 8.65. The van der Waals surface area contributed by atoms with Gasteiger partial charge < -0.3 is 15.4 Å². The third-order valence-electron chi connectivity index (χ3n) is 6.50. The molecule has 182 valence electrons. The minimum Gasteiger partial charge on any atom is -0.457 e. The SMILES string of the molecule is CC#CC(=O)N(C)[C@H]1C[C@@H](n2c(=O)n(-c3ccc(Oc4ccccc4)cc3F)c3c(N)nccc32)C1. The van der Waals surface area contributed by atoms with E-state index < -0.39 is 11.5 Å². The molecule has 0 bridgehead atoms. The highest BCUT2D eigenvalue weighted by Gasteiger charge is 2.37. The van der Waals surface area contributed by atoms with Crippen LogP contribution in [0.15, 0.2) is 65.6 Å². The molecule has 0 unspecified atom stereocenters. The molecule has 2 aromatic heterocycles. The molecular weight excluding hydrogens is 461 g/mol. The largest absolute Gasteiger partial charge is 0.457 e. The summed E-state index contributed by atoms with van der Waals surface area (Å²) in [5.41, 5.74) is 6.68. The molecule has 2 N–H and O–H groups in total. The van der Waals surface area contributed by atoms with E-state index in [4.69, 9.17) is 10.5 Å². The van der Waals surface area contributed by atoms with Gasteiger partial charge in [0.25, 0.3) is 5.91 Å². The number of nitrogens with zero attached hydrogens (tertiary/aromatic N) is 4. The maximum absolute atomic E-state index is 15.3. The van der Waals surface area contributed by atoms with E-state index in [1.54, 1.807) is 47.7 Å². The highest BCUT2D eigenvalue weighted by molar-refractivity contribution is 5.93. The summed E-state index contributed by atoms with van der Waals surface area (Å²) < 4.78 is 23.9. The standard InChI is InChI=1S/C27H24FN5O3/c1-3-7-24(34)31(2)17-14-18(15-17)32-23-12-13-30-26(29)25(23)33(27(32)35)22-11-10-20(16-21(22)28)36-19-8-5-4-6-9-19/h4-6,8-13,16-18H,14-15H2,1-2H3,(H2,29,30)/t17-,18+. The van der Waals surface area contributed by atoms with Gasteiger partial charge >= 0.3 is 5.69 Å². The van der Waals surface area contributed by atoms with Crippen molar-refractivity contribution in [1.82, 2.24) is 19.0 Å². The van der Waals surface area contributed by atoms with E-state index in [2.05, 4.69) is 16.8 Å². The highest BCUT2D eigenvalue weighted by Crippen LogP contribution is 2.38. The lowest BCUT2D eigenvalue weighted by atomic mass is 9.85. The van der Waals surface area contributed by atoms with Crippen LogP contribution in [0.5, 0.6) is 11.5 Å². The van der Waals surface area contributed by atoms with Crippen LogP contribution < -0.4 is 16.2 Å². The number of anilines is 1. The van der Waals surface area contributed by atoms with Crippen LogP contribution in [0.1, 0.15) is 25.8 Å². The van der Waals surface area contributed by atoms with Gasteiger partial charge in [-0.05, 0) is 56.0 Å². The molecule has 0 aliphatic heterocycles. The van der Waals surface area contributed by atoms with Crippen molar-refractivity contribution in [2.75, 3.05) is 12.8 Å². The van der Waals surface area contributed by atoms with Crippen molar-refractivity contribution in [2.45, 2.75) is 31.8 Å². The predicted octanol–water partition coefficient (Wildman–Crippen LogP) is 3.89. The Morgan fingerprint density at radius 2 is 1.92 bits per heavy atom. The van der Waals surface area contributed by atoms with E-state index in [-0.39, 0.29) is 29.5 Å². The molecule has 0 radical (unpaired) electrons. The molecule has 1 amide bonds. The topological polar surface area (TPSA) is 95.4 Å². The third-order valence-corrected chi connectivity index (χ3v) is 6.50. The fraction of sp³-hybridized carbons (Fsp3) is 0.222. The molecule has 0 saturated heterocycles. The summed E-state index contributed by atoms with van der Waals surface area (Å²) in [6.45, 7) is 1.61. The first-order valence-electron chi connectivity index (χ1n) is 11.5. The first kappa shape index (κ1) is 23.2. The van der Waals surface area contributed by atoms with Gasteiger partial charge in [-0.25, -0.2) is 14.2 Å². The molecule has 1 aliphatic carbocycles. The Labute approximate surface area is 206 Å². The van der Waals surface area contributed by atoms with Crippen LogP contribution in [0, 0.1) is 17.7 Å². The second-order valence-electron chi connectivity index (χ2n) is 8.65. The van der Waals surface area contributed by atoms with Gasteiger partial charge in [-0.2, -0.15) is 0 Å². The average molecular weight is 486 g/mol. The molecule has 5 rings (SSSR count). The van der Waals surface area contributed by atoms with E-state index in [0.29, 0.717) is 35.4 Å². The van der Waals surface area contributed by atoms with Crippen molar-refractivity contribution in [3.63, 3.8) is 0 Å². The molecule has 36 heavy (non-hydrogen) atoms. The van der Waals surface area contributed by atoms with Crippen LogP contribution in [0.2, 0.25) is 0 Å². The number of pyridine rings is 1. The summed E-state index contributed by atoms with van der Waals surface area (Å²) in [4.78, 5) is 31.5. The number of fused-ring (bicyclic) bond motifs is 1. The number of halogens is 1. The molecule has 0 atom stereocenters. The van der Waals surface area contributed by atoms with Gasteiger partial charge in [0.1, 0.15) is 22.8 Å². The Hall–Kier alpha value is -4.58. The van der Waals surface area contributed by atoms with Crippen LogP contribution in [-0.4, -0.2) is 38.0 Å². The first-order valence-corrected chi connectivity index (χ1v) is 11.5. The van der Waals surface area contributed by atoms with E-state index in [9.17, 15) is 9.59 Å². The van der Waals surface area contributed by atoms with Gasteiger partial charge in [-0.1, -0.05) is 24.1 Å². The van der Waals surface area contributed by atoms with Gasteiger partial charge in [-0.15, -0.1) is 0 Å². The number of ether oxygens (including phenoxy) is 1. The van der Waals surface area contributed by atoms with E-state index in [1.807, 2.05) is 18.2 Å². The number of benzene rings is 2. The molecule has 0 spiro atoms. The average Bonchev–Trinajstić information content (AvgIpc) is 3.12. The van der Waals surface area contributed by atoms with Crippen molar-refractivity contribution in [2.24, 2.45) is 0 Å². The zero-order valence-corrected chi connectivity index (χ0v) is 19.8. The number of imidazole rings is 1. The Morgan fingerprint density at radius 1 is 1.17 bits per heavy atom. The number of para-hydroxylation sites is 1. The molecule has 2 aromatic carbocycles. The molecule has 2 heterocycles. The van der Waals surface area contributed by atoms with Gasteiger partial charge in [0, 0.05) is 31.4 Å². The number of rotatable bonds is 5. The first-order chi connectivity index (χ1) is 17.4. The summed E-state index contributed by atoms with van der Waals surface area (Å²) in [5, 5.41) is 0. The molecule has 8 nitrogen and oxygen atoms in total. The second kappa shape index (κ2) is 9.23. The van der Waals surface area contributed by atoms with Crippen LogP contribution in [0.25, 0.3) is 16.7 Å². The molecule has 9 heteroatoms. The quantitative estimate of drug-likeness (QED) is 0.433. The van der Waals surface area contributed by atoms with Gasteiger partial charge in [0.05, 0.1) is 11.2 Å². The Morgan fingerprint density at radius 3 is 2.61 bits per heavy atom. The molecule has 1 aliphatic rings. The minimum absolute atomic E-state index is 0.0426. The molecule has 1 fully saturated rings.